The Balaban J connectivity index is 0.00000225. The van der Waals surface area contributed by atoms with Gasteiger partial charge in [0.15, 0.2) is 6.61 Å². The van der Waals surface area contributed by atoms with Crippen LogP contribution in [0.4, 0.5) is 0 Å². The quantitative estimate of drug-likeness (QED) is 0.881. The number of hydrogen-bond donors (Lipinski definition) is 1. The van der Waals surface area contributed by atoms with Gasteiger partial charge in [0.25, 0.3) is 5.91 Å². The highest BCUT2D eigenvalue weighted by Gasteiger charge is 2.28. The molecule has 25 heavy (non-hydrogen) atoms. The van der Waals surface area contributed by atoms with Crippen LogP contribution in [0.2, 0.25) is 0 Å². The van der Waals surface area contributed by atoms with E-state index in [1.54, 1.807) is 25.6 Å². The first-order valence-electron chi connectivity index (χ1n) is 7.95. The van der Waals surface area contributed by atoms with Gasteiger partial charge in [-0.05, 0) is 23.8 Å². The van der Waals surface area contributed by atoms with Crippen molar-refractivity contribution in [3.8, 4) is 11.5 Å². The molecule has 1 amide bonds. The van der Waals surface area contributed by atoms with Gasteiger partial charge in [-0.15, -0.1) is 12.4 Å². The summed E-state index contributed by atoms with van der Waals surface area (Å²) in [6.07, 6.45) is 3.54. The van der Waals surface area contributed by atoms with Gasteiger partial charge in [-0.25, -0.2) is 0 Å². The molecule has 134 valence electrons. The molecule has 6 nitrogen and oxygen atoms in total. The number of benzene rings is 1. The zero-order chi connectivity index (χ0) is 16.8. The number of amides is 1. The number of methoxy groups -OCH3 is 1. The van der Waals surface area contributed by atoms with Crippen molar-refractivity contribution in [2.45, 2.75) is 6.04 Å². The fourth-order valence-electron chi connectivity index (χ4n) is 2.79. The highest BCUT2D eigenvalue weighted by Crippen LogP contribution is 2.22. The van der Waals surface area contributed by atoms with Gasteiger partial charge < -0.3 is 19.7 Å². The molecule has 0 saturated carbocycles. The van der Waals surface area contributed by atoms with E-state index in [-0.39, 0.29) is 31.0 Å². The number of hydrogen-bond acceptors (Lipinski definition) is 5. The smallest absolute Gasteiger partial charge is 0.261 e. The van der Waals surface area contributed by atoms with Crippen LogP contribution in [-0.2, 0) is 4.79 Å². The van der Waals surface area contributed by atoms with Crippen LogP contribution in [0.15, 0.2) is 48.8 Å². The third kappa shape index (κ3) is 4.84. The first-order valence-corrected chi connectivity index (χ1v) is 7.95. The molecule has 1 saturated heterocycles. The van der Waals surface area contributed by atoms with Crippen molar-refractivity contribution >= 4 is 18.3 Å². The fraction of sp³-hybridized carbons (Fsp3) is 0.333. The van der Waals surface area contributed by atoms with E-state index in [1.807, 2.05) is 35.2 Å². The van der Waals surface area contributed by atoms with Crippen molar-refractivity contribution in [2.75, 3.05) is 33.4 Å². The average molecular weight is 364 g/mol. The van der Waals surface area contributed by atoms with E-state index in [0.29, 0.717) is 18.0 Å². The summed E-state index contributed by atoms with van der Waals surface area (Å²) < 4.78 is 10.8. The number of piperazine rings is 1. The largest absolute Gasteiger partial charge is 0.497 e. The van der Waals surface area contributed by atoms with Crippen LogP contribution in [0, 0.1) is 0 Å². The molecule has 1 aromatic carbocycles. The fourth-order valence-corrected chi connectivity index (χ4v) is 2.79. The molecule has 1 aliphatic heterocycles. The van der Waals surface area contributed by atoms with E-state index >= 15 is 0 Å². The summed E-state index contributed by atoms with van der Waals surface area (Å²) >= 11 is 0. The maximum Gasteiger partial charge on any atom is 0.261 e. The summed E-state index contributed by atoms with van der Waals surface area (Å²) in [5, 5.41) is 3.33. The van der Waals surface area contributed by atoms with E-state index in [0.717, 1.165) is 18.7 Å². The van der Waals surface area contributed by atoms with Gasteiger partial charge in [-0.3, -0.25) is 9.78 Å². The van der Waals surface area contributed by atoms with Gasteiger partial charge in [-0.2, -0.15) is 0 Å². The van der Waals surface area contributed by atoms with Crippen molar-refractivity contribution in [1.82, 2.24) is 15.2 Å². The van der Waals surface area contributed by atoms with E-state index < -0.39 is 0 Å². The second-order valence-electron chi connectivity index (χ2n) is 5.56. The Bertz CT molecular complexity index is 684. The van der Waals surface area contributed by atoms with Crippen LogP contribution < -0.4 is 14.8 Å². The minimum Gasteiger partial charge on any atom is -0.497 e. The van der Waals surface area contributed by atoms with E-state index in [9.17, 15) is 4.79 Å². The van der Waals surface area contributed by atoms with Crippen molar-refractivity contribution < 1.29 is 14.3 Å². The summed E-state index contributed by atoms with van der Waals surface area (Å²) in [4.78, 5) is 18.6. The lowest BCUT2D eigenvalue weighted by atomic mass is 10.1. The number of ether oxygens (including phenoxy) is 2. The minimum atomic E-state index is -0.0341. The predicted molar refractivity (Wildman–Crippen MR) is 97.3 cm³/mol. The highest BCUT2D eigenvalue weighted by molar-refractivity contribution is 5.85. The molecule has 3 rings (SSSR count). The molecule has 0 aliphatic carbocycles. The molecule has 1 atom stereocenters. The van der Waals surface area contributed by atoms with E-state index in [2.05, 4.69) is 10.3 Å². The second-order valence-corrected chi connectivity index (χ2v) is 5.56. The molecule has 2 heterocycles. The van der Waals surface area contributed by atoms with Crippen LogP contribution in [0.1, 0.15) is 11.6 Å². The minimum absolute atomic E-state index is 0. The van der Waals surface area contributed by atoms with Crippen LogP contribution in [0.25, 0.3) is 0 Å². The molecule has 0 spiro atoms. The topological polar surface area (TPSA) is 63.7 Å². The number of pyridine rings is 1. The summed E-state index contributed by atoms with van der Waals surface area (Å²) in [6, 6.07) is 11.1. The lowest BCUT2D eigenvalue weighted by Crippen LogP contribution is -2.50. The number of nitrogens with one attached hydrogen (secondary N) is 1. The van der Waals surface area contributed by atoms with Crippen molar-refractivity contribution in [3.63, 3.8) is 0 Å². The Morgan fingerprint density at radius 3 is 2.92 bits per heavy atom. The van der Waals surface area contributed by atoms with Gasteiger partial charge in [0.05, 0.1) is 13.2 Å². The number of aromatic nitrogens is 1. The van der Waals surface area contributed by atoms with Gasteiger partial charge in [0.2, 0.25) is 0 Å². The molecule has 2 aromatic rings. The lowest BCUT2D eigenvalue weighted by molar-refractivity contribution is -0.136. The monoisotopic (exact) mass is 363 g/mol. The molecule has 0 bridgehead atoms. The molecule has 1 fully saturated rings. The van der Waals surface area contributed by atoms with Crippen LogP contribution in [0.3, 0.4) is 0 Å². The maximum absolute atomic E-state index is 12.6. The lowest BCUT2D eigenvalue weighted by Gasteiger charge is -2.36. The Labute approximate surface area is 153 Å². The SMILES string of the molecule is COc1cccc(OCC(=O)N2CCNCC2c2cccnc2)c1.Cl. The number of nitrogens with zero attached hydrogens (tertiary/aromatic N) is 2. The predicted octanol–water partition coefficient (Wildman–Crippen LogP) is 2.06. The number of carbonyl (C=O) groups excluding carboxylic acids is 1. The van der Waals surface area contributed by atoms with Gasteiger partial charge in [-0.1, -0.05) is 12.1 Å². The summed E-state index contributed by atoms with van der Waals surface area (Å²) in [5.41, 5.74) is 1.03. The molecule has 1 aliphatic rings. The molecule has 1 aromatic heterocycles. The molecule has 7 heteroatoms. The zero-order valence-electron chi connectivity index (χ0n) is 14.1. The molecule has 1 unspecified atom stereocenters. The number of rotatable bonds is 5. The summed E-state index contributed by atoms with van der Waals surface area (Å²) in [5.74, 6) is 1.29. The number of carbonyl (C=O) groups is 1. The van der Waals surface area contributed by atoms with Crippen LogP contribution in [0.5, 0.6) is 11.5 Å². The zero-order valence-corrected chi connectivity index (χ0v) is 14.9. The van der Waals surface area contributed by atoms with Crippen LogP contribution in [-0.4, -0.2) is 49.1 Å². The standard InChI is InChI=1S/C18H21N3O3.ClH/c1-23-15-5-2-6-16(10-15)24-13-18(22)21-9-8-20-12-17(21)14-4-3-7-19-11-14;/h2-7,10-11,17,20H,8-9,12-13H2,1H3;1H. The molecule has 0 radical (unpaired) electrons. The Kier molecular flexibility index (Phi) is 7.03. The highest BCUT2D eigenvalue weighted by atomic mass is 35.5. The third-order valence-electron chi connectivity index (χ3n) is 4.04. The van der Waals surface area contributed by atoms with Crippen molar-refractivity contribution in [2.24, 2.45) is 0 Å². The van der Waals surface area contributed by atoms with Gasteiger partial charge >= 0.3 is 0 Å². The van der Waals surface area contributed by atoms with Gasteiger partial charge in [0.1, 0.15) is 11.5 Å². The molecular formula is C18H22ClN3O3. The maximum atomic E-state index is 12.6. The normalized spacial score (nSPS) is 16.7. The Morgan fingerprint density at radius 1 is 1.32 bits per heavy atom. The van der Waals surface area contributed by atoms with Crippen molar-refractivity contribution in [3.05, 3.63) is 54.4 Å². The van der Waals surface area contributed by atoms with Gasteiger partial charge in [0, 0.05) is 38.1 Å². The van der Waals surface area contributed by atoms with E-state index in [4.69, 9.17) is 9.47 Å². The second kappa shape index (κ2) is 9.25. The Hall–Kier alpha value is -2.31. The summed E-state index contributed by atoms with van der Waals surface area (Å²) in [7, 11) is 1.60. The van der Waals surface area contributed by atoms with Crippen LogP contribution >= 0.6 is 12.4 Å². The number of halogens is 1. The average Bonchev–Trinajstić information content (AvgIpc) is 2.67. The molecular weight excluding hydrogens is 342 g/mol. The Morgan fingerprint density at radius 2 is 2.16 bits per heavy atom. The first-order chi connectivity index (χ1) is 11.8. The first kappa shape index (κ1) is 19.0. The third-order valence-corrected chi connectivity index (χ3v) is 4.04. The summed E-state index contributed by atoms with van der Waals surface area (Å²) in [6.45, 7) is 2.15. The molecule has 1 N–H and O–H groups in total. The van der Waals surface area contributed by atoms with Crippen molar-refractivity contribution in [1.29, 1.82) is 0 Å². The van der Waals surface area contributed by atoms with E-state index in [1.165, 1.54) is 0 Å².